The van der Waals surface area contributed by atoms with Crippen LogP contribution in [0.3, 0.4) is 0 Å². The second-order valence-corrected chi connectivity index (χ2v) is 11.9. The van der Waals surface area contributed by atoms with Crippen molar-refractivity contribution >= 4 is 35.3 Å². The van der Waals surface area contributed by atoms with Gasteiger partial charge in [0.25, 0.3) is 5.91 Å². The zero-order valence-electron chi connectivity index (χ0n) is 22.8. The van der Waals surface area contributed by atoms with E-state index in [9.17, 15) is 14.4 Å². The minimum absolute atomic E-state index is 0.0337. The largest absolute Gasteiger partial charge is 0.457 e. The maximum atomic E-state index is 13.6. The molecular weight excluding hydrogens is 540 g/mol. The number of carbonyl (C=O) groups is 3. The fourth-order valence-electron chi connectivity index (χ4n) is 6.24. The number of thioether (sulfide) groups is 1. The first-order valence-corrected chi connectivity index (χ1v) is 14.8. The standard InChI is InChI=1S/C30H32N6O4S/c1-18-16-21(40-20-7-3-2-4-8-20)9-10-22(18)36-23-12-14-32-29-25(23)26(34-30(36)39)27(41-29)28(38)33-19-6-5-15-35(17-19)24(37)11-13-31/h2-4,7-10,16,19,23,25,29,32H,5-6,11-12,14-15,17H2,1H3,(H,33,38)(H,34,39)/t19-,23?,25?,29?/m0/s1. The number of piperidine rings is 2. The highest BCUT2D eigenvalue weighted by atomic mass is 32.2. The van der Waals surface area contributed by atoms with Crippen LogP contribution < -0.4 is 25.6 Å². The van der Waals surface area contributed by atoms with Crippen LogP contribution in [0, 0.1) is 24.2 Å². The molecule has 0 aliphatic carbocycles. The summed E-state index contributed by atoms with van der Waals surface area (Å²) in [6.45, 7) is 3.69. The maximum absolute atomic E-state index is 13.6. The monoisotopic (exact) mass is 572 g/mol. The van der Waals surface area contributed by atoms with Crippen LogP contribution in [0.25, 0.3) is 0 Å². The third kappa shape index (κ3) is 5.37. The van der Waals surface area contributed by atoms with Gasteiger partial charge in [-0.2, -0.15) is 5.26 Å². The quantitative estimate of drug-likeness (QED) is 0.483. The molecule has 41 heavy (non-hydrogen) atoms. The number of amides is 4. The zero-order chi connectivity index (χ0) is 28.5. The van der Waals surface area contributed by atoms with Crippen molar-refractivity contribution in [2.45, 2.75) is 50.1 Å². The van der Waals surface area contributed by atoms with Crippen LogP contribution in [-0.2, 0) is 9.59 Å². The lowest BCUT2D eigenvalue weighted by atomic mass is 9.86. The molecule has 0 radical (unpaired) electrons. The first-order valence-electron chi connectivity index (χ1n) is 14.0. The van der Waals surface area contributed by atoms with Crippen LogP contribution >= 0.6 is 11.8 Å². The molecule has 3 fully saturated rings. The summed E-state index contributed by atoms with van der Waals surface area (Å²) in [5.74, 6) is 0.939. The number of para-hydroxylation sites is 1. The zero-order valence-corrected chi connectivity index (χ0v) is 23.6. The molecule has 3 N–H and O–H groups in total. The molecule has 2 aromatic carbocycles. The second kappa shape index (κ2) is 11.5. The summed E-state index contributed by atoms with van der Waals surface area (Å²) < 4.78 is 5.99. The van der Waals surface area contributed by atoms with Gasteiger partial charge in [-0.05, 0) is 68.6 Å². The summed E-state index contributed by atoms with van der Waals surface area (Å²) in [5.41, 5.74) is 2.42. The molecule has 4 amide bonds. The fraction of sp³-hybridized carbons (Fsp3) is 0.400. The predicted molar refractivity (Wildman–Crippen MR) is 155 cm³/mol. The number of hydrogen-bond acceptors (Lipinski definition) is 7. The summed E-state index contributed by atoms with van der Waals surface area (Å²) in [7, 11) is 0. The van der Waals surface area contributed by atoms with E-state index in [0.717, 1.165) is 42.8 Å². The first-order chi connectivity index (χ1) is 19.9. The van der Waals surface area contributed by atoms with E-state index in [0.29, 0.717) is 29.4 Å². The molecule has 2 aromatic rings. The Hall–Kier alpha value is -4.01. The smallest absolute Gasteiger partial charge is 0.326 e. The normalized spacial score (nSPS) is 25.2. The molecule has 0 spiro atoms. The molecule has 212 valence electrons. The lowest BCUT2D eigenvalue weighted by molar-refractivity contribution is -0.132. The average molecular weight is 573 g/mol. The SMILES string of the molecule is Cc1cc(Oc2ccccc2)ccc1N1C(=O)NC2=C(C(=O)N[C@H]3CCCN(C(=O)CC#N)C3)SC3NCCC1C23. The van der Waals surface area contributed by atoms with Gasteiger partial charge in [-0.15, -0.1) is 0 Å². The Balaban J connectivity index is 1.20. The van der Waals surface area contributed by atoms with Crippen LogP contribution in [0.5, 0.6) is 11.5 Å². The molecular formula is C30H32N6O4S. The van der Waals surface area contributed by atoms with Gasteiger partial charge in [-0.1, -0.05) is 30.0 Å². The van der Waals surface area contributed by atoms with E-state index in [4.69, 9.17) is 10.00 Å². The van der Waals surface area contributed by atoms with Crippen molar-refractivity contribution in [3.63, 3.8) is 0 Å². The van der Waals surface area contributed by atoms with Gasteiger partial charge >= 0.3 is 6.03 Å². The Morgan fingerprint density at radius 3 is 2.78 bits per heavy atom. The lowest BCUT2D eigenvalue weighted by Gasteiger charge is -2.46. The molecule has 0 saturated carbocycles. The van der Waals surface area contributed by atoms with Crippen molar-refractivity contribution in [1.82, 2.24) is 20.9 Å². The number of benzene rings is 2. The molecule has 6 rings (SSSR count). The van der Waals surface area contributed by atoms with Gasteiger partial charge < -0.3 is 25.6 Å². The number of carbonyl (C=O) groups excluding carboxylic acids is 3. The summed E-state index contributed by atoms with van der Waals surface area (Å²) in [5, 5.41) is 18.5. The van der Waals surface area contributed by atoms with Crippen molar-refractivity contribution in [2.75, 3.05) is 24.5 Å². The third-order valence-electron chi connectivity index (χ3n) is 8.09. The number of nitrogens with one attached hydrogen (secondary N) is 3. The van der Waals surface area contributed by atoms with Gasteiger partial charge in [0.1, 0.15) is 17.9 Å². The molecule has 4 atom stereocenters. The van der Waals surface area contributed by atoms with E-state index in [1.165, 1.54) is 11.8 Å². The Morgan fingerprint density at radius 2 is 2.00 bits per heavy atom. The van der Waals surface area contributed by atoms with Crippen molar-refractivity contribution in [1.29, 1.82) is 5.26 Å². The Labute approximate surface area is 243 Å². The van der Waals surface area contributed by atoms with Gasteiger partial charge in [0.05, 0.1) is 22.4 Å². The Kier molecular flexibility index (Phi) is 7.60. The first kappa shape index (κ1) is 27.2. The number of urea groups is 1. The maximum Gasteiger partial charge on any atom is 0.326 e. The Bertz CT molecular complexity index is 1440. The highest BCUT2D eigenvalue weighted by Gasteiger charge is 2.52. The van der Waals surface area contributed by atoms with Crippen molar-refractivity contribution < 1.29 is 19.1 Å². The van der Waals surface area contributed by atoms with Crippen LogP contribution in [0.15, 0.2) is 59.1 Å². The van der Waals surface area contributed by atoms with Gasteiger partial charge in [0.2, 0.25) is 5.91 Å². The highest BCUT2D eigenvalue weighted by molar-refractivity contribution is 8.04. The summed E-state index contributed by atoms with van der Waals surface area (Å²) in [6.07, 6.45) is 2.11. The molecule has 10 nitrogen and oxygen atoms in total. The molecule has 0 aromatic heterocycles. The van der Waals surface area contributed by atoms with Crippen LogP contribution in [0.2, 0.25) is 0 Å². The van der Waals surface area contributed by atoms with E-state index >= 15 is 0 Å². The highest BCUT2D eigenvalue weighted by Crippen LogP contribution is 2.48. The minimum atomic E-state index is -0.250. The molecule has 4 aliphatic rings. The van der Waals surface area contributed by atoms with E-state index in [-0.39, 0.29) is 47.6 Å². The van der Waals surface area contributed by atoms with Crippen molar-refractivity contribution in [3.8, 4) is 17.6 Å². The van der Waals surface area contributed by atoms with Gasteiger partial charge in [0.15, 0.2) is 0 Å². The topological polar surface area (TPSA) is 127 Å². The number of hydrogen-bond donors (Lipinski definition) is 3. The van der Waals surface area contributed by atoms with E-state index in [1.54, 1.807) is 4.90 Å². The van der Waals surface area contributed by atoms with Gasteiger partial charge in [-0.3, -0.25) is 14.5 Å². The number of nitrogens with zero attached hydrogens (tertiary/aromatic N) is 3. The number of ether oxygens (including phenoxy) is 1. The number of anilines is 1. The summed E-state index contributed by atoms with van der Waals surface area (Å²) in [6, 6.07) is 16.7. The molecule has 0 bridgehead atoms. The molecule has 3 saturated heterocycles. The van der Waals surface area contributed by atoms with Crippen LogP contribution in [-0.4, -0.2) is 59.8 Å². The molecule has 4 heterocycles. The lowest BCUT2D eigenvalue weighted by Crippen LogP contribution is -2.62. The van der Waals surface area contributed by atoms with E-state index in [1.807, 2.05) is 66.4 Å². The van der Waals surface area contributed by atoms with Gasteiger partial charge in [-0.25, -0.2) is 4.79 Å². The van der Waals surface area contributed by atoms with E-state index < -0.39 is 0 Å². The summed E-state index contributed by atoms with van der Waals surface area (Å²) in [4.78, 5) is 43.4. The Morgan fingerprint density at radius 1 is 1.17 bits per heavy atom. The van der Waals surface area contributed by atoms with E-state index in [2.05, 4.69) is 16.0 Å². The average Bonchev–Trinajstić information content (AvgIpc) is 3.34. The fourth-order valence-corrected chi connectivity index (χ4v) is 7.64. The van der Waals surface area contributed by atoms with Crippen molar-refractivity contribution in [3.05, 3.63) is 64.7 Å². The molecule has 11 heteroatoms. The number of aryl methyl sites for hydroxylation is 1. The molecule has 4 aliphatic heterocycles. The number of nitriles is 1. The van der Waals surface area contributed by atoms with Crippen molar-refractivity contribution in [2.24, 2.45) is 5.92 Å². The van der Waals surface area contributed by atoms with Crippen LogP contribution in [0.4, 0.5) is 10.5 Å². The number of rotatable bonds is 6. The molecule has 3 unspecified atom stereocenters. The third-order valence-corrected chi connectivity index (χ3v) is 9.45. The predicted octanol–water partition coefficient (Wildman–Crippen LogP) is 3.60. The summed E-state index contributed by atoms with van der Waals surface area (Å²) >= 11 is 1.46. The number of likely N-dealkylation sites (tertiary alicyclic amines) is 1. The second-order valence-electron chi connectivity index (χ2n) is 10.8. The van der Waals surface area contributed by atoms with Crippen LogP contribution in [0.1, 0.15) is 31.2 Å². The minimum Gasteiger partial charge on any atom is -0.457 e. The van der Waals surface area contributed by atoms with Gasteiger partial charge in [0, 0.05) is 36.4 Å².